The molecular formula is C7H10FNO2. The monoisotopic (exact) mass is 159 g/mol. The summed E-state index contributed by atoms with van der Waals surface area (Å²) in [6.45, 7) is 0.780. The number of ether oxygens (including phenoxy) is 1. The van der Waals surface area contributed by atoms with Crippen molar-refractivity contribution >= 4 is 5.97 Å². The summed E-state index contributed by atoms with van der Waals surface area (Å²) in [5.74, 6) is -0.952. The third-order valence-electron chi connectivity index (χ3n) is 1.59. The van der Waals surface area contributed by atoms with Crippen LogP contribution in [-0.4, -0.2) is 26.2 Å². The Labute approximate surface area is 64.2 Å². The van der Waals surface area contributed by atoms with E-state index in [9.17, 15) is 9.18 Å². The van der Waals surface area contributed by atoms with Gasteiger partial charge < -0.3 is 10.1 Å². The molecule has 0 fully saturated rings. The molecule has 1 N–H and O–H groups in total. The average molecular weight is 159 g/mol. The van der Waals surface area contributed by atoms with Gasteiger partial charge >= 0.3 is 5.97 Å². The third kappa shape index (κ3) is 1.77. The van der Waals surface area contributed by atoms with E-state index >= 15 is 0 Å². The fourth-order valence-corrected chi connectivity index (χ4v) is 0.990. The minimum atomic E-state index is -0.552. The Bertz CT molecular complexity index is 201. The molecule has 4 heteroatoms. The summed E-state index contributed by atoms with van der Waals surface area (Å²) in [6, 6.07) is 0. The van der Waals surface area contributed by atoms with Crippen LogP contribution in [0.25, 0.3) is 0 Å². The molecule has 0 aromatic carbocycles. The van der Waals surface area contributed by atoms with Crippen LogP contribution >= 0.6 is 0 Å². The van der Waals surface area contributed by atoms with Crippen molar-refractivity contribution in [2.75, 3.05) is 20.2 Å². The molecule has 0 atom stereocenters. The molecule has 0 amide bonds. The predicted octanol–water partition coefficient (Wildman–Crippen LogP) is 0.376. The lowest BCUT2D eigenvalue weighted by atomic mass is 10.1. The van der Waals surface area contributed by atoms with Crippen LogP contribution in [0.5, 0.6) is 0 Å². The second-order valence-electron chi connectivity index (χ2n) is 2.30. The molecule has 0 saturated carbocycles. The predicted molar refractivity (Wildman–Crippen MR) is 37.6 cm³/mol. The van der Waals surface area contributed by atoms with Gasteiger partial charge in [0, 0.05) is 6.54 Å². The lowest BCUT2D eigenvalue weighted by molar-refractivity contribution is -0.136. The number of esters is 1. The van der Waals surface area contributed by atoms with Crippen molar-refractivity contribution in [2.45, 2.75) is 6.42 Å². The van der Waals surface area contributed by atoms with Crippen LogP contribution in [-0.2, 0) is 9.53 Å². The molecule has 0 aromatic heterocycles. The maximum atomic E-state index is 12.8. The molecule has 1 aliphatic rings. The fraction of sp³-hybridized carbons (Fsp3) is 0.571. The van der Waals surface area contributed by atoms with Gasteiger partial charge in [0.05, 0.1) is 12.7 Å². The summed E-state index contributed by atoms with van der Waals surface area (Å²) < 4.78 is 17.2. The first-order chi connectivity index (χ1) is 5.25. The van der Waals surface area contributed by atoms with Crippen LogP contribution < -0.4 is 5.32 Å². The SMILES string of the molecule is COC(=O)C1=C(F)CNCC1. The summed E-state index contributed by atoms with van der Waals surface area (Å²) in [7, 11) is 1.25. The van der Waals surface area contributed by atoms with E-state index < -0.39 is 11.8 Å². The van der Waals surface area contributed by atoms with Crippen molar-refractivity contribution < 1.29 is 13.9 Å². The number of halogens is 1. The summed E-state index contributed by atoms with van der Waals surface area (Å²) in [5, 5.41) is 2.80. The summed E-state index contributed by atoms with van der Waals surface area (Å²) in [4.78, 5) is 10.8. The molecule has 11 heavy (non-hydrogen) atoms. The van der Waals surface area contributed by atoms with Crippen LogP contribution in [0, 0.1) is 0 Å². The highest BCUT2D eigenvalue weighted by atomic mass is 19.1. The number of hydrogen-bond donors (Lipinski definition) is 1. The first kappa shape index (κ1) is 8.20. The van der Waals surface area contributed by atoms with Gasteiger partial charge in [0.2, 0.25) is 0 Å². The molecule has 1 rings (SSSR count). The van der Waals surface area contributed by atoms with E-state index in [1.165, 1.54) is 7.11 Å². The Morgan fingerprint density at radius 1 is 1.73 bits per heavy atom. The topological polar surface area (TPSA) is 38.3 Å². The molecule has 0 saturated heterocycles. The van der Waals surface area contributed by atoms with Crippen LogP contribution in [0.15, 0.2) is 11.4 Å². The highest BCUT2D eigenvalue weighted by Gasteiger charge is 2.18. The van der Waals surface area contributed by atoms with Crippen molar-refractivity contribution in [3.63, 3.8) is 0 Å². The van der Waals surface area contributed by atoms with Gasteiger partial charge in [0.25, 0.3) is 0 Å². The zero-order valence-corrected chi connectivity index (χ0v) is 6.32. The minimum Gasteiger partial charge on any atom is -0.466 e. The summed E-state index contributed by atoms with van der Waals surface area (Å²) in [6.07, 6.45) is 0.415. The first-order valence-electron chi connectivity index (χ1n) is 3.42. The molecule has 0 aliphatic carbocycles. The molecule has 0 bridgehead atoms. The number of rotatable bonds is 1. The zero-order chi connectivity index (χ0) is 8.27. The maximum absolute atomic E-state index is 12.8. The highest BCUT2D eigenvalue weighted by molar-refractivity contribution is 5.89. The molecular weight excluding hydrogens is 149 g/mol. The molecule has 3 nitrogen and oxygen atoms in total. The molecule has 0 aromatic rings. The van der Waals surface area contributed by atoms with Crippen LogP contribution in [0.3, 0.4) is 0 Å². The fourth-order valence-electron chi connectivity index (χ4n) is 0.990. The molecule has 0 spiro atoms. The van der Waals surface area contributed by atoms with E-state index in [0.29, 0.717) is 13.0 Å². The maximum Gasteiger partial charge on any atom is 0.336 e. The third-order valence-corrected chi connectivity index (χ3v) is 1.59. The Morgan fingerprint density at radius 3 is 3.00 bits per heavy atom. The highest BCUT2D eigenvalue weighted by Crippen LogP contribution is 2.14. The Balaban J connectivity index is 2.74. The average Bonchev–Trinajstić information content (AvgIpc) is 2.04. The van der Waals surface area contributed by atoms with E-state index in [1.807, 2.05) is 0 Å². The smallest absolute Gasteiger partial charge is 0.336 e. The van der Waals surface area contributed by atoms with E-state index in [0.717, 1.165) is 0 Å². The van der Waals surface area contributed by atoms with Gasteiger partial charge in [-0.05, 0) is 13.0 Å². The van der Waals surface area contributed by atoms with E-state index in [-0.39, 0.29) is 12.1 Å². The van der Waals surface area contributed by atoms with Gasteiger partial charge in [0.1, 0.15) is 5.83 Å². The summed E-state index contributed by atoms with van der Waals surface area (Å²) in [5.41, 5.74) is 0.172. The van der Waals surface area contributed by atoms with Gasteiger partial charge in [-0.15, -0.1) is 0 Å². The Morgan fingerprint density at radius 2 is 2.45 bits per heavy atom. The van der Waals surface area contributed by atoms with Crippen molar-refractivity contribution in [1.82, 2.24) is 5.32 Å². The second kappa shape index (κ2) is 3.48. The summed E-state index contributed by atoms with van der Waals surface area (Å²) >= 11 is 0. The van der Waals surface area contributed by atoms with Gasteiger partial charge in [-0.3, -0.25) is 0 Å². The number of hydrogen-bond acceptors (Lipinski definition) is 3. The normalized spacial score (nSPS) is 18.4. The number of carbonyl (C=O) groups is 1. The number of methoxy groups -OCH3 is 1. The van der Waals surface area contributed by atoms with Crippen molar-refractivity contribution in [1.29, 1.82) is 0 Å². The van der Waals surface area contributed by atoms with Gasteiger partial charge in [-0.25, -0.2) is 9.18 Å². The standard InChI is InChI=1S/C7H10FNO2/c1-11-7(10)5-2-3-9-4-6(5)8/h9H,2-4H2,1H3. The van der Waals surface area contributed by atoms with Crippen molar-refractivity contribution in [3.8, 4) is 0 Å². The van der Waals surface area contributed by atoms with E-state index in [4.69, 9.17) is 0 Å². The lowest BCUT2D eigenvalue weighted by Gasteiger charge is -2.13. The van der Waals surface area contributed by atoms with Gasteiger partial charge in [-0.1, -0.05) is 0 Å². The largest absolute Gasteiger partial charge is 0.466 e. The van der Waals surface area contributed by atoms with Crippen molar-refractivity contribution in [3.05, 3.63) is 11.4 Å². The molecule has 1 heterocycles. The lowest BCUT2D eigenvalue weighted by Crippen LogP contribution is -2.26. The minimum absolute atomic E-state index is 0.143. The van der Waals surface area contributed by atoms with E-state index in [1.54, 1.807) is 0 Å². The molecule has 0 radical (unpaired) electrons. The Kier molecular flexibility index (Phi) is 2.59. The van der Waals surface area contributed by atoms with Crippen LogP contribution in [0.1, 0.15) is 6.42 Å². The van der Waals surface area contributed by atoms with Crippen LogP contribution in [0.4, 0.5) is 4.39 Å². The Hall–Kier alpha value is -0.900. The molecule has 62 valence electrons. The number of nitrogens with one attached hydrogen (secondary N) is 1. The van der Waals surface area contributed by atoms with Gasteiger partial charge in [-0.2, -0.15) is 0 Å². The van der Waals surface area contributed by atoms with Crippen LogP contribution in [0.2, 0.25) is 0 Å². The quantitative estimate of drug-likeness (QED) is 0.562. The molecule has 1 aliphatic heterocycles. The van der Waals surface area contributed by atoms with Crippen molar-refractivity contribution in [2.24, 2.45) is 0 Å². The second-order valence-corrected chi connectivity index (χ2v) is 2.30. The first-order valence-corrected chi connectivity index (χ1v) is 3.42. The van der Waals surface area contributed by atoms with Gasteiger partial charge in [0.15, 0.2) is 0 Å². The number of carbonyl (C=O) groups excluding carboxylic acids is 1. The zero-order valence-electron chi connectivity index (χ0n) is 6.32. The van der Waals surface area contributed by atoms with E-state index in [2.05, 4.69) is 10.1 Å². The molecule has 0 unspecified atom stereocenters.